The highest BCUT2D eigenvalue weighted by Gasteiger charge is 2.03. The number of guanidine groups is 1. The molecule has 1 amide bonds. The first kappa shape index (κ1) is 22.9. The lowest BCUT2D eigenvalue weighted by atomic mass is 10.1. The van der Waals surface area contributed by atoms with Gasteiger partial charge in [-0.05, 0) is 43.2 Å². The van der Waals surface area contributed by atoms with E-state index in [2.05, 4.69) is 20.9 Å². The summed E-state index contributed by atoms with van der Waals surface area (Å²) in [5, 5.41) is 9.19. The van der Waals surface area contributed by atoms with E-state index in [9.17, 15) is 9.18 Å². The quantitative estimate of drug-likeness (QED) is 0.234. The number of aliphatic imine (C=N–C) groups is 1. The Labute approximate surface area is 176 Å². The highest BCUT2D eigenvalue weighted by atomic mass is 127. The van der Waals surface area contributed by atoms with Crippen molar-refractivity contribution >= 4 is 35.8 Å². The molecule has 0 aliphatic heterocycles. The van der Waals surface area contributed by atoms with Crippen LogP contribution in [0.3, 0.4) is 0 Å². The van der Waals surface area contributed by atoms with Crippen LogP contribution >= 0.6 is 24.0 Å². The molecule has 0 spiro atoms. The SMILES string of the molecule is CCNC(=NCCc1cccc(F)c1)NCCNC(=O)c1ccccc1.I. The molecule has 0 heterocycles. The summed E-state index contributed by atoms with van der Waals surface area (Å²) in [6, 6.07) is 15.6. The number of nitrogens with one attached hydrogen (secondary N) is 3. The van der Waals surface area contributed by atoms with E-state index >= 15 is 0 Å². The van der Waals surface area contributed by atoms with Gasteiger partial charge >= 0.3 is 0 Å². The maximum Gasteiger partial charge on any atom is 0.251 e. The van der Waals surface area contributed by atoms with Crippen LogP contribution < -0.4 is 16.0 Å². The minimum Gasteiger partial charge on any atom is -0.357 e. The van der Waals surface area contributed by atoms with Gasteiger partial charge in [0, 0.05) is 31.7 Å². The third-order valence-electron chi connectivity index (χ3n) is 3.64. The van der Waals surface area contributed by atoms with Crippen LogP contribution in [0.1, 0.15) is 22.8 Å². The van der Waals surface area contributed by atoms with Gasteiger partial charge in [-0.25, -0.2) is 4.39 Å². The molecule has 0 fully saturated rings. The van der Waals surface area contributed by atoms with E-state index in [-0.39, 0.29) is 35.7 Å². The van der Waals surface area contributed by atoms with Crippen molar-refractivity contribution in [1.82, 2.24) is 16.0 Å². The van der Waals surface area contributed by atoms with E-state index in [0.717, 1.165) is 12.1 Å². The number of hydrogen-bond acceptors (Lipinski definition) is 2. The molecule has 0 unspecified atom stereocenters. The number of halogens is 2. The largest absolute Gasteiger partial charge is 0.357 e. The Bertz CT molecular complexity index is 725. The van der Waals surface area contributed by atoms with Crippen LogP contribution in [0.25, 0.3) is 0 Å². The predicted molar refractivity (Wildman–Crippen MR) is 118 cm³/mol. The van der Waals surface area contributed by atoms with Gasteiger partial charge in [0.1, 0.15) is 5.82 Å². The predicted octanol–water partition coefficient (Wildman–Crippen LogP) is 2.97. The van der Waals surface area contributed by atoms with Crippen LogP contribution in [-0.2, 0) is 6.42 Å². The Morgan fingerprint density at radius 1 is 1.00 bits per heavy atom. The van der Waals surface area contributed by atoms with Gasteiger partial charge in [-0.1, -0.05) is 30.3 Å². The molecule has 0 aliphatic rings. The number of carbonyl (C=O) groups excluding carboxylic acids is 1. The van der Waals surface area contributed by atoms with Crippen LogP contribution in [0.5, 0.6) is 0 Å². The Morgan fingerprint density at radius 2 is 1.74 bits per heavy atom. The molecule has 5 nitrogen and oxygen atoms in total. The fourth-order valence-electron chi connectivity index (χ4n) is 2.38. The van der Waals surface area contributed by atoms with E-state index < -0.39 is 0 Å². The van der Waals surface area contributed by atoms with Gasteiger partial charge < -0.3 is 16.0 Å². The molecule has 0 saturated heterocycles. The smallest absolute Gasteiger partial charge is 0.251 e. The van der Waals surface area contributed by atoms with E-state index in [1.165, 1.54) is 12.1 Å². The molecule has 2 aromatic rings. The molecule has 146 valence electrons. The third kappa shape index (κ3) is 8.85. The first-order chi connectivity index (χ1) is 12.7. The normalized spacial score (nSPS) is 10.7. The van der Waals surface area contributed by atoms with E-state index in [1.54, 1.807) is 18.2 Å². The number of benzene rings is 2. The number of nitrogens with zero attached hydrogens (tertiary/aromatic N) is 1. The molecule has 7 heteroatoms. The summed E-state index contributed by atoms with van der Waals surface area (Å²) in [6.07, 6.45) is 0.666. The molecular formula is C20H26FIN4O. The molecule has 2 aromatic carbocycles. The lowest BCUT2D eigenvalue weighted by molar-refractivity contribution is 0.0954. The second-order valence-electron chi connectivity index (χ2n) is 5.69. The fraction of sp³-hybridized carbons (Fsp3) is 0.300. The molecule has 0 saturated carbocycles. The van der Waals surface area contributed by atoms with Crippen molar-refractivity contribution in [2.24, 2.45) is 4.99 Å². The number of carbonyl (C=O) groups is 1. The summed E-state index contributed by atoms with van der Waals surface area (Å²) in [4.78, 5) is 16.4. The Balaban J connectivity index is 0.00000364. The van der Waals surface area contributed by atoms with Crippen molar-refractivity contribution in [2.75, 3.05) is 26.2 Å². The molecule has 0 aromatic heterocycles. The number of rotatable bonds is 8. The van der Waals surface area contributed by atoms with Crippen LogP contribution in [0, 0.1) is 5.82 Å². The average Bonchev–Trinajstić information content (AvgIpc) is 2.65. The van der Waals surface area contributed by atoms with Gasteiger partial charge in [0.05, 0.1) is 0 Å². The van der Waals surface area contributed by atoms with E-state index in [0.29, 0.717) is 37.6 Å². The number of hydrogen-bond donors (Lipinski definition) is 3. The van der Waals surface area contributed by atoms with E-state index in [1.807, 2.05) is 31.2 Å². The zero-order chi connectivity index (χ0) is 18.6. The lowest BCUT2D eigenvalue weighted by Crippen LogP contribution is -2.41. The highest BCUT2D eigenvalue weighted by molar-refractivity contribution is 14.0. The van der Waals surface area contributed by atoms with Crippen molar-refractivity contribution in [1.29, 1.82) is 0 Å². The fourth-order valence-corrected chi connectivity index (χ4v) is 2.38. The minimum atomic E-state index is -0.231. The summed E-state index contributed by atoms with van der Waals surface area (Å²) in [5.41, 5.74) is 1.56. The van der Waals surface area contributed by atoms with E-state index in [4.69, 9.17) is 0 Å². The minimum absolute atomic E-state index is 0. The Morgan fingerprint density at radius 3 is 2.44 bits per heavy atom. The average molecular weight is 484 g/mol. The van der Waals surface area contributed by atoms with Crippen molar-refractivity contribution in [3.05, 3.63) is 71.5 Å². The summed E-state index contributed by atoms with van der Waals surface area (Å²) < 4.78 is 13.2. The first-order valence-electron chi connectivity index (χ1n) is 8.79. The monoisotopic (exact) mass is 484 g/mol. The van der Waals surface area contributed by atoms with Crippen molar-refractivity contribution < 1.29 is 9.18 Å². The highest BCUT2D eigenvalue weighted by Crippen LogP contribution is 2.04. The second kappa shape index (κ2) is 13.1. The van der Waals surface area contributed by atoms with Crippen molar-refractivity contribution in [3.63, 3.8) is 0 Å². The van der Waals surface area contributed by atoms with Crippen LogP contribution in [0.15, 0.2) is 59.6 Å². The maximum absolute atomic E-state index is 13.2. The number of amides is 1. The molecule has 3 N–H and O–H groups in total. The molecule has 27 heavy (non-hydrogen) atoms. The Hall–Kier alpha value is -2.16. The standard InChI is InChI=1S/C20H25FN4O.HI/c1-2-22-20(24-12-11-16-7-6-10-18(21)15-16)25-14-13-23-19(26)17-8-4-3-5-9-17;/h3-10,15H,2,11-14H2,1H3,(H,23,26)(H2,22,24,25);1H. The maximum atomic E-state index is 13.2. The first-order valence-corrected chi connectivity index (χ1v) is 8.79. The summed E-state index contributed by atoms with van der Waals surface area (Å²) in [7, 11) is 0. The molecule has 0 atom stereocenters. The molecule has 0 radical (unpaired) electrons. The second-order valence-corrected chi connectivity index (χ2v) is 5.69. The molecule has 2 rings (SSSR count). The molecular weight excluding hydrogens is 458 g/mol. The summed E-state index contributed by atoms with van der Waals surface area (Å²) in [5.74, 6) is 0.351. The molecule has 0 aliphatic carbocycles. The topological polar surface area (TPSA) is 65.5 Å². The van der Waals surface area contributed by atoms with Gasteiger partial charge in [0.2, 0.25) is 0 Å². The zero-order valence-electron chi connectivity index (χ0n) is 15.4. The van der Waals surface area contributed by atoms with Crippen LogP contribution in [0.2, 0.25) is 0 Å². The van der Waals surface area contributed by atoms with Gasteiger partial charge in [-0.3, -0.25) is 9.79 Å². The van der Waals surface area contributed by atoms with Crippen molar-refractivity contribution in [3.8, 4) is 0 Å². The van der Waals surface area contributed by atoms with Crippen molar-refractivity contribution in [2.45, 2.75) is 13.3 Å². The summed E-state index contributed by atoms with van der Waals surface area (Å²) in [6.45, 7) is 4.32. The zero-order valence-corrected chi connectivity index (χ0v) is 17.7. The molecule has 0 bridgehead atoms. The van der Waals surface area contributed by atoms with Crippen LogP contribution in [0.4, 0.5) is 4.39 Å². The van der Waals surface area contributed by atoms with Gasteiger partial charge in [-0.2, -0.15) is 0 Å². The van der Waals surface area contributed by atoms with Gasteiger partial charge in [-0.15, -0.1) is 24.0 Å². The lowest BCUT2D eigenvalue weighted by Gasteiger charge is -2.12. The van der Waals surface area contributed by atoms with Gasteiger partial charge in [0.15, 0.2) is 5.96 Å². The van der Waals surface area contributed by atoms with Crippen LogP contribution in [-0.4, -0.2) is 38.0 Å². The Kier molecular flexibility index (Phi) is 11.1. The summed E-state index contributed by atoms with van der Waals surface area (Å²) >= 11 is 0. The van der Waals surface area contributed by atoms with Gasteiger partial charge in [0.25, 0.3) is 5.91 Å². The third-order valence-corrected chi connectivity index (χ3v) is 3.64.